The fraction of sp³-hybridized carbons (Fsp3) is 0.913. The average molecular weight is 383 g/mol. The molecule has 0 aliphatic carbocycles. The summed E-state index contributed by atoms with van der Waals surface area (Å²) >= 11 is 0. The number of nitrogens with zero attached hydrogens (tertiary/aromatic N) is 1. The number of carbonyl (C=O) groups excluding carboxylic acids is 2. The summed E-state index contributed by atoms with van der Waals surface area (Å²) in [6.45, 7) is 2.95. The Bertz CT molecular complexity index is 356. The zero-order valence-corrected chi connectivity index (χ0v) is 18.5. The Labute approximate surface area is 168 Å². The molecular formula is C23H46N2O2. The van der Waals surface area contributed by atoms with Gasteiger partial charge in [-0.25, -0.2) is 0 Å². The van der Waals surface area contributed by atoms with Gasteiger partial charge in [0.2, 0.25) is 11.8 Å². The second kappa shape index (κ2) is 19.9. The van der Waals surface area contributed by atoms with Crippen molar-refractivity contribution in [2.24, 2.45) is 0 Å². The number of hydrogen-bond acceptors (Lipinski definition) is 3. The van der Waals surface area contributed by atoms with E-state index in [9.17, 15) is 9.59 Å². The number of nitrogens with one attached hydrogen (secondary N) is 1. The molecule has 0 fully saturated rings. The standard InChI is InChI=1S/C23H46N2O2/c1-4-5-6-7-8-9-10-11-12-13-14-15-16-17-18-19-22(26)24-23(27)20-21-25(2)3/h4-21H2,1-3H3,(H,24,26,27). The summed E-state index contributed by atoms with van der Waals surface area (Å²) in [4.78, 5) is 25.2. The van der Waals surface area contributed by atoms with Crippen molar-refractivity contribution in [3.8, 4) is 0 Å². The smallest absolute Gasteiger partial charge is 0.227 e. The van der Waals surface area contributed by atoms with Crippen LogP contribution in [0.15, 0.2) is 0 Å². The van der Waals surface area contributed by atoms with Crippen molar-refractivity contribution in [3.63, 3.8) is 0 Å². The van der Waals surface area contributed by atoms with Crippen LogP contribution in [0.5, 0.6) is 0 Å². The lowest BCUT2D eigenvalue weighted by Gasteiger charge is -2.09. The lowest BCUT2D eigenvalue weighted by Crippen LogP contribution is -2.32. The van der Waals surface area contributed by atoms with Crippen LogP contribution in [0.2, 0.25) is 0 Å². The molecule has 0 aromatic rings. The van der Waals surface area contributed by atoms with Gasteiger partial charge >= 0.3 is 0 Å². The molecule has 1 N–H and O–H groups in total. The van der Waals surface area contributed by atoms with Crippen molar-refractivity contribution in [1.82, 2.24) is 10.2 Å². The second-order valence-corrected chi connectivity index (χ2v) is 8.22. The third-order valence-corrected chi connectivity index (χ3v) is 5.07. The topological polar surface area (TPSA) is 49.4 Å². The highest BCUT2D eigenvalue weighted by Gasteiger charge is 2.07. The fourth-order valence-electron chi connectivity index (χ4n) is 3.26. The third-order valence-electron chi connectivity index (χ3n) is 5.07. The van der Waals surface area contributed by atoms with E-state index in [0.717, 1.165) is 12.8 Å². The van der Waals surface area contributed by atoms with Crippen LogP contribution in [0.1, 0.15) is 116 Å². The molecule has 160 valence electrons. The van der Waals surface area contributed by atoms with Crippen LogP contribution in [0.25, 0.3) is 0 Å². The summed E-state index contributed by atoms with van der Waals surface area (Å²) in [5.41, 5.74) is 0. The fourth-order valence-corrected chi connectivity index (χ4v) is 3.26. The quantitative estimate of drug-likeness (QED) is 0.285. The van der Waals surface area contributed by atoms with Crippen molar-refractivity contribution < 1.29 is 9.59 Å². The van der Waals surface area contributed by atoms with Crippen molar-refractivity contribution in [2.75, 3.05) is 20.6 Å². The second-order valence-electron chi connectivity index (χ2n) is 8.22. The van der Waals surface area contributed by atoms with Crippen molar-refractivity contribution in [1.29, 1.82) is 0 Å². The van der Waals surface area contributed by atoms with Crippen LogP contribution >= 0.6 is 0 Å². The molecule has 0 bridgehead atoms. The molecule has 2 amide bonds. The van der Waals surface area contributed by atoms with E-state index in [0.29, 0.717) is 19.4 Å². The maximum absolute atomic E-state index is 11.7. The molecular weight excluding hydrogens is 336 g/mol. The number of carbonyl (C=O) groups is 2. The Morgan fingerprint density at radius 2 is 0.963 bits per heavy atom. The van der Waals surface area contributed by atoms with Gasteiger partial charge in [0.15, 0.2) is 0 Å². The number of amides is 2. The minimum atomic E-state index is -0.158. The first-order chi connectivity index (χ1) is 13.1. The Balaban J connectivity index is 3.24. The Hall–Kier alpha value is -0.900. The Morgan fingerprint density at radius 3 is 1.37 bits per heavy atom. The van der Waals surface area contributed by atoms with Gasteiger partial charge in [-0.15, -0.1) is 0 Å². The zero-order valence-electron chi connectivity index (χ0n) is 18.5. The maximum Gasteiger partial charge on any atom is 0.227 e. The van der Waals surface area contributed by atoms with Gasteiger partial charge in [0.05, 0.1) is 0 Å². The van der Waals surface area contributed by atoms with Gasteiger partial charge in [-0.2, -0.15) is 0 Å². The molecule has 0 unspecified atom stereocenters. The first-order valence-corrected chi connectivity index (χ1v) is 11.5. The molecule has 0 heterocycles. The van der Waals surface area contributed by atoms with E-state index in [-0.39, 0.29) is 11.8 Å². The lowest BCUT2D eigenvalue weighted by molar-refractivity contribution is -0.130. The van der Waals surface area contributed by atoms with Crippen LogP contribution in [0.4, 0.5) is 0 Å². The summed E-state index contributed by atoms with van der Waals surface area (Å²) < 4.78 is 0. The molecule has 0 saturated carbocycles. The predicted octanol–water partition coefficient (Wildman–Crippen LogP) is 5.84. The molecule has 0 aromatic heterocycles. The monoisotopic (exact) mass is 382 g/mol. The molecule has 0 aromatic carbocycles. The first-order valence-electron chi connectivity index (χ1n) is 11.5. The minimum absolute atomic E-state index is 0.117. The molecule has 0 aliphatic heterocycles. The predicted molar refractivity (Wildman–Crippen MR) is 116 cm³/mol. The van der Waals surface area contributed by atoms with Gasteiger partial charge < -0.3 is 4.90 Å². The SMILES string of the molecule is CCCCCCCCCCCCCCCCCC(=O)NC(=O)CCN(C)C. The van der Waals surface area contributed by atoms with Crippen molar-refractivity contribution >= 4 is 11.8 Å². The van der Waals surface area contributed by atoms with Gasteiger partial charge in [0, 0.05) is 19.4 Å². The van der Waals surface area contributed by atoms with E-state index in [4.69, 9.17) is 0 Å². The zero-order chi connectivity index (χ0) is 20.2. The van der Waals surface area contributed by atoms with Gasteiger partial charge in [0.1, 0.15) is 0 Å². The molecule has 0 saturated heterocycles. The summed E-state index contributed by atoms with van der Waals surface area (Å²) in [7, 11) is 3.84. The van der Waals surface area contributed by atoms with E-state index in [1.54, 1.807) is 0 Å². The van der Waals surface area contributed by atoms with Crippen molar-refractivity contribution in [2.45, 2.75) is 116 Å². The van der Waals surface area contributed by atoms with E-state index in [1.807, 2.05) is 19.0 Å². The molecule has 0 radical (unpaired) electrons. The third kappa shape index (κ3) is 21.3. The molecule has 0 spiro atoms. The number of unbranched alkanes of at least 4 members (excludes halogenated alkanes) is 14. The Kier molecular flexibility index (Phi) is 19.2. The molecule has 0 rings (SSSR count). The number of rotatable bonds is 19. The van der Waals surface area contributed by atoms with E-state index < -0.39 is 0 Å². The normalized spacial score (nSPS) is 11.1. The number of imide groups is 1. The molecule has 4 nitrogen and oxygen atoms in total. The lowest BCUT2D eigenvalue weighted by atomic mass is 10.0. The average Bonchev–Trinajstić information content (AvgIpc) is 2.63. The van der Waals surface area contributed by atoms with Gasteiger partial charge in [-0.05, 0) is 20.5 Å². The van der Waals surface area contributed by atoms with E-state index >= 15 is 0 Å². The van der Waals surface area contributed by atoms with Gasteiger partial charge in [-0.3, -0.25) is 14.9 Å². The first kappa shape index (κ1) is 26.1. The van der Waals surface area contributed by atoms with E-state index in [2.05, 4.69) is 12.2 Å². The molecule has 4 heteroatoms. The maximum atomic E-state index is 11.7. The number of hydrogen-bond donors (Lipinski definition) is 1. The van der Waals surface area contributed by atoms with Crippen LogP contribution in [0.3, 0.4) is 0 Å². The molecule has 0 atom stereocenters. The highest BCUT2D eigenvalue weighted by atomic mass is 16.2. The highest BCUT2D eigenvalue weighted by Crippen LogP contribution is 2.13. The summed E-state index contributed by atoms with van der Waals surface area (Å²) in [5, 5.41) is 2.48. The largest absolute Gasteiger partial charge is 0.309 e. The van der Waals surface area contributed by atoms with Crippen LogP contribution in [-0.2, 0) is 9.59 Å². The van der Waals surface area contributed by atoms with Crippen molar-refractivity contribution in [3.05, 3.63) is 0 Å². The summed E-state index contributed by atoms with van der Waals surface area (Å²) in [6, 6.07) is 0. The van der Waals surface area contributed by atoms with E-state index in [1.165, 1.54) is 83.5 Å². The summed E-state index contributed by atoms with van der Waals surface area (Å²) in [6.07, 6.45) is 20.6. The van der Waals surface area contributed by atoms with Gasteiger partial charge in [-0.1, -0.05) is 96.8 Å². The molecule has 27 heavy (non-hydrogen) atoms. The van der Waals surface area contributed by atoms with Crippen LogP contribution in [-0.4, -0.2) is 37.4 Å². The van der Waals surface area contributed by atoms with Crippen LogP contribution < -0.4 is 5.32 Å². The van der Waals surface area contributed by atoms with Gasteiger partial charge in [0.25, 0.3) is 0 Å². The summed E-state index contributed by atoms with van der Waals surface area (Å²) in [5.74, 6) is -0.275. The Morgan fingerprint density at radius 1 is 0.593 bits per heavy atom. The minimum Gasteiger partial charge on any atom is -0.309 e. The highest BCUT2D eigenvalue weighted by molar-refractivity contribution is 5.95. The molecule has 0 aliphatic rings. The van der Waals surface area contributed by atoms with Crippen LogP contribution in [0, 0.1) is 0 Å².